The molecule has 0 unspecified atom stereocenters. The van der Waals surface area contributed by atoms with E-state index in [0.717, 1.165) is 24.9 Å². The number of nitrogens with one attached hydrogen (secondary N) is 1. The third kappa shape index (κ3) is 4.54. The summed E-state index contributed by atoms with van der Waals surface area (Å²) in [6, 6.07) is 8.78. The molecule has 17 heavy (non-hydrogen) atoms. The molecule has 0 aromatic heterocycles. The lowest BCUT2D eigenvalue weighted by Gasteiger charge is -2.27. The number of rotatable bonds is 6. The van der Waals surface area contributed by atoms with Gasteiger partial charge in [-0.2, -0.15) is 5.26 Å². The Hall–Kier alpha value is -1.40. The maximum Gasteiger partial charge on any atom is 0.123 e. The van der Waals surface area contributed by atoms with Gasteiger partial charge in [-0.1, -0.05) is 12.1 Å². The van der Waals surface area contributed by atoms with Crippen molar-refractivity contribution in [1.29, 1.82) is 5.26 Å². The van der Waals surface area contributed by atoms with Crippen molar-refractivity contribution in [2.24, 2.45) is 0 Å². The number of unbranched alkanes of at least 4 members (excludes halogenated alkanes) is 2. The molecule has 0 spiro atoms. The predicted octanol–water partition coefficient (Wildman–Crippen LogP) is 3.34. The quantitative estimate of drug-likeness (QED) is 0.766. The third-order valence-electron chi connectivity index (χ3n) is 2.83. The molecule has 1 aromatic rings. The highest BCUT2D eigenvalue weighted by Gasteiger charge is 2.19. The van der Waals surface area contributed by atoms with Crippen LogP contribution in [0.1, 0.15) is 38.7 Å². The molecule has 1 N–H and O–H groups in total. The molecule has 0 saturated heterocycles. The van der Waals surface area contributed by atoms with Gasteiger partial charge in [0.2, 0.25) is 0 Å². The van der Waals surface area contributed by atoms with Crippen molar-refractivity contribution in [2.45, 2.75) is 38.6 Å². The summed E-state index contributed by atoms with van der Waals surface area (Å²) >= 11 is 0. The van der Waals surface area contributed by atoms with E-state index in [9.17, 15) is 4.39 Å². The molecule has 2 nitrogen and oxygen atoms in total. The first-order valence-corrected chi connectivity index (χ1v) is 5.94. The summed E-state index contributed by atoms with van der Waals surface area (Å²) in [5.41, 5.74) is 0.701. The average molecular weight is 234 g/mol. The summed E-state index contributed by atoms with van der Waals surface area (Å²) in [4.78, 5) is 0. The topological polar surface area (TPSA) is 35.8 Å². The lowest BCUT2D eigenvalue weighted by molar-refractivity contribution is 0.396. The molecule has 92 valence electrons. The number of hydrogen-bond acceptors (Lipinski definition) is 2. The van der Waals surface area contributed by atoms with E-state index in [1.54, 1.807) is 12.1 Å². The van der Waals surface area contributed by atoms with Gasteiger partial charge in [0.05, 0.1) is 6.07 Å². The molecule has 1 rings (SSSR count). The van der Waals surface area contributed by atoms with E-state index in [1.807, 2.05) is 19.9 Å². The van der Waals surface area contributed by atoms with Gasteiger partial charge in [-0.05, 0) is 50.9 Å². The highest BCUT2D eigenvalue weighted by Crippen LogP contribution is 2.20. The molecule has 1 aromatic carbocycles. The summed E-state index contributed by atoms with van der Waals surface area (Å²) in [6.07, 6.45) is 2.47. The number of nitriles is 1. The first kappa shape index (κ1) is 13.7. The first-order chi connectivity index (χ1) is 8.06. The molecule has 0 aliphatic heterocycles. The Kier molecular flexibility index (Phi) is 5.11. The Labute approximate surface area is 102 Å². The zero-order valence-electron chi connectivity index (χ0n) is 10.5. The molecule has 0 bridgehead atoms. The van der Waals surface area contributed by atoms with Crippen LogP contribution in [-0.2, 0) is 5.54 Å². The van der Waals surface area contributed by atoms with E-state index in [4.69, 9.17) is 5.26 Å². The lowest BCUT2D eigenvalue weighted by Crippen LogP contribution is -2.37. The van der Waals surface area contributed by atoms with Crippen molar-refractivity contribution in [3.63, 3.8) is 0 Å². The molecular weight excluding hydrogens is 215 g/mol. The minimum atomic E-state index is -0.241. The van der Waals surface area contributed by atoms with Gasteiger partial charge in [-0.25, -0.2) is 4.39 Å². The van der Waals surface area contributed by atoms with Crippen LogP contribution < -0.4 is 5.32 Å². The molecule has 0 atom stereocenters. The molecule has 0 fully saturated rings. The van der Waals surface area contributed by atoms with E-state index in [1.165, 1.54) is 6.07 Å². The van der Waals surface area contributed by atoms with Crippen LogP contribution in [-0.4, -0.2) is 6.54 Å². The van der Waals surface area contributed by atoms with Gasteiger partial charge < -0.3 is 5.32 Å². The minimum absolute atomic E-state index is 0.207. The zero-order valence-corrected chi connectivity index (χ0v) is 10.5. The predicted molar refractivity (Wildman–Crippen MR) is 66.9 cm³/mol. The number of hydrogen-bond donors (Lipinski definition) is 1. The van der Waals surface area contributed by atoms with Crippen LogP contribution >= 0.6 is 0 Å². The fourth-order valence-corrected chi connectivity index (χ4v) is 1.71. The highest BCUT2D eigenvalue weighted by molar-refractivity contribution is 5.23. The monoisotopic (exact) mass is 234 g/mol. The normalized spacial score (nSPS) is 11.2. The molecule has 0 aliphatic carbocycles. The van der Waals surface area contributed by atoms with Crippen molar-refractivity contribution in [3.8, 4) is 6.07 Å². The summed E-state index contributed by atoms with van der Waals surface area (Å²) in [7, 11) is 0. The Bertz CT molecular complexity index is 393. The Morgan fingerprint density at radius 2 is 2.12 bits per heavy atom. The third-order valence-corrected chi connectivity index (χ3v) is 2.83. The Morgan fingerprint density at radius 3 is 2.76 bits per heavy atom. The molecule has 0 saturated carbocycles. The van der Waals surface area contributed by atoms with Gasteiger partial charge in [-0.3, -0.25) is 0 Å². The van der Waals surface area contributed by atoms with Crippen molar-refractivity contribution in [1.82, 2.24) is 5.32 Å². The SMILES string of the molecule is CC(C)(NCCCCC#N)c1cccc(F)c1. The number of halogens is 1. The molecular formula is C14H19FN2. The fourth-order valence-electron chi connectivity index (χ4n) is 1.71. The summed E-state index contributed by atoms with van der Waals surface area (Å²) in [5.74, 6) is -0.207. The van der Waals surface area contributed by atoms with Crippen molar-refractivity contribution >= 4 is 0 Å². The maximum absolute atomic E-state index is 13.1. The van der Waals surface area contributed by atoms with Crippen LogP contribution in [0.3, 0.4) is 0 Å². The van der Waals surface area contributed by atoms with Crippen LogP contribution in [0, 0.1) is 17.1 Å². The summed E-state index contributed by atoms with van der Waals surface area (Å²) < 4.78 is 13.1. The molecule has 0 radical (unpaired) electrons. The van der Waals surface area contributed by atoms with Gasteiger partial charge >= 0.3 is 0 Å². The van der Waals surface area contributed by atoms with E-state index >= 15 is 0 Å². The van der Waals surface area contributed by atoms with E-state index < -0.39 is 0 Å². The van der Waals surface area contributed by atoms with E-state index in [-0.39, 0.29) is 11.4 Å². The summed E-state index contributed by atoms with van der Waals surface area (Å²) in [5, 5.41) is 11.8. The van der Waals surface area contributed by atoms with E-state index in [2.05, 4.69) is 11.4 Å². The van der Waals surface area contributed by atoms with Crippen LogP contribution in [0.5, 0.6) is 0 Å². The standard InChI is InChI=1S/C14H19FN2/c1-14(2,17-10-5-3-4-9-16)12-7-6-8-13(15)11-12/h6-8,11,17H,3-5,10H2,1-2H3. The minimum Gasteiger partial charge on any atom is -0.308 e. The number of nitrogens with zero attached hydrogens (tertiary/aromatic N) is 1. The van der Waals surface area contributed by atoms with Gasteiger partial charge in [0.1, 0.15) is 5.82 Å². The second-order valence-corrected chi connectivity index (χ2v) is 4.68. The molecule has 0 amide bonds. The Balaban J connectivity index is 2.48. The van der Waals surface area contributed by atoms with Gasteiger partial charge in [0.25, 0.3) is 0 Å². The number of benzene rings is 1. The molecule has 0 heterocycles. The highest BCUT2D eigenvalue weighted by atomic mass is 19.1. The van der Waals surface area contributed by atoms with Crippen molar-refractivity contribution in [2.75, 3.05) is 6.54 Å². The van der Waals surface area contributed by atoms with Crippen LogP contribution in [0.2, 0.25) is 0 Å². The second-order valence-electron chi connectivity index (χ2n) is 4.68. The smallest absolute Gasteiger partial charge is 0.123 e. The van der Waals surface area contributed by atoms with Crippen LogP contribution in [0.4, 0.5) is 4.39 Å². The van der Waals surface area contributed by atoms with Gasteiger partial charge in [0.15, 0.2) is 0 Å². The van der Waals surface area contributed by atoms with E-state index in [0.29, 0.717) is 6.42 Å². The lowest BCUT2D eigenvalue weighted by atomic mass is 9.94. The average Bonchev–Trinajstić information content (AvgIpc) is 2.29. The molecule has 3 heteroatoms. The first-order valence-electron chi connectivity index (χ1n) is 5.94. The van der Waals surface area contributed by atoms with Crippen molar-refractivity contribution < 1.29 is 4.39 Å². The molecule has 0 aliphatic rings. The second kappa shape index (κ2) is 6.36. The zero-order chi connectivity index (χ0) is 12.7. The fraction of sp³-hybridized carbons (Fsp3) is 0.500. The van der Waals surface area contributed by atoms with Gasteiger partial charge in [0, 0.05) is 12.0 Å². The van der Waals surface area contributed by atoms with Crippen molar-refractivity contribution in [3.05, 3.63) is 35.6 Å². The van der Waals surface area contributed by atoms with Crippen LogP contribution in [0.25, 0.3) is 0 Å². The summed E-state index contributed by atoms with van der Waals surface area (Å²) in [6.45, 7) is 4.91. The van der Waals surface area contributed by atoms with Crippen LogP contribution in [0.15, 0.2) is 24.3 Å². The largest absolute Gasteiger partial charge is 0.308 e. The Morgan fingerprint density at radius 1 is 1.35 bits per heavy atom. The maximum atomic E-state index is 13.1. The van der Waals surface area contributed by atoms with Gasteiger partial charge in [-0.15, -0.1) is 0 Å².